The van der Waals surface area contributed by atoms with Gasteiger partial charge in [0.1, 0.15) is 0 Å². The molecule has 0 saturated carbocycles. The zero-order valence-corrected chi connectivity index (χ0v) is 6.80. The minimum absolute atomic E-state index is 0.634. The maximum absolute atomic E-state index is 4.86. The first-order chi connectivity index (χ1) is 4.86. The lowest BCUT2D eigenvalue weighted by molar-refractivity contribution is 0.403. The predicted molar refractivity (Wildman–Crippen MR) is 40.1 cm³/mol. The molecular weight excluding hydrogens is 128 g/mol. The molecule has 0 N–H and O–H groups in total. The van der Waals surface area contributed by atoms with Crippen LogP contribution in [0.15, 0.2) is 0 Å². The molecule has 60 valence electrons. The summed E-state index contributed by atoms with van der Waals surface area (Å²) in [6, 6.07) is 0. The largest absolute Gasteiger partial charge is 0.373 e. The third-order valence-corrected chi connectivity index (χ3v) is 1.72. The summed E-state index contributed by atoms with van der Waals surface area (Å²) in [5.74, 6) is 0. The monoisotopic (exact) mass is 144 g/mol. The zero-order valence-electron chi connectivity index (χ0n) is 6.80. The summed E-state index contributed by atoms with van der Waals surface area (Å²) in [7, 11) is 0. The molecular formula is C8H16O2. The van der Waals surface area contributed by atoms with Crippen molar-refractivity contribution >= 4 is 0 Å². The van der Waals surface area contributed by atoms with Crippen LogP contribution in [0.3, 0.4) is 0 Å². The molecule has 2 aliphatic heterocycles. The van der Waals surface area contributed by atoms with Gasteiger partial charge < -0.3 is 9.47 Å². The summed E-state index contributed by atoms with van der Waals surface area (Å²) >= 11 is 0. The minimum atomic E-state index is 0.634. The quantitative estimate of drug-likeness (QED) is 0.550. The van der Waals surface area contributed by atoms with Gasteiger partial charge >= 0.3 is 0 Å². The van der Waals surface area contributed by atoms with Crippen LogP contribution < -0.4 is 0 Å². The maximum atomic E-state index is 4.86. The van der Waals surface area contributed by atoms with Crippen molar-refractivity contribution in [2.75, 3.05) is 13.2 Å². The van der Waals surface area contributed by atoms with Crippen LogP contribution in [0.5, 0.6) is 0 Å². The van der Waals surface area contributed by atoms with E-state index in [9.17, 15) is 0 Å². The van der Waals surface area contributed by atoms with Crippen molar-refractivity contribution in [1.82, 2.24) is 0 Å². The van der Waals surface area contributed by atoms with Crippen LogP contribution in [0.25, 0.3) is 0 Å². The standard InChI is InChI=1S/2C4H8O/c2*1-2-4-3-5-4/h2*4H,2-3H2,1H3/t4-;/m1./s1. The van der Waals surface area contributed by atoms with Gasteiger partial charge in [-0.3, -0.25) is 0 Å². The van der Waals surface area contributed by atoms with E-state index >= 15 is 0 Å². The van der Waals surface area contributed by atoms with E-state index < -0.39 is 0 Å². The highest BCUT2D eigenvalue weighted by molar-refractivity contribution is 4.64. The average Bonchev–Trinajstić information content (AvgIpc) is 2.86. The third-order valence-electron chi connectivity index (χ3n) is 1.72. The lowest BCUT2D eigenvalue weighted by Crippen LogP contribution is -1.73. The van der Waals surface area contributed by atoms with Crippen molar-refractivity contribution in [3.63, 3.8) is 0 Å². The predicted octanol–water partition coefficient (Wildman–Crippen LogP) is 1.59. The van der Waals surface area contributed by atoms with E-state index in [4.69, 9.17) is 9.47 Å². The van der Waals surface area contributed by atoms with Gasteiger partial charge in [-0.25, -0.2) is 0 Å². The van der Waals surface area contributed by atoms with Gasteiger partial charge in [0.25, 0.3) is 0 Å². The zero-order chi connectivity index (χ0) is 7.40. The van der Waals surface area contributed by atoms with Crippen LogP contribution in [-0.2, 0) is 9.47 Å². The number of ether oxygens (including phenoxy) is 2. The van der Waals surface area contributed by atoms with Crippen molar-refractivity contribution in [3.8, 4) is 0 Å². The Balaban J connectivity index is 0.0000001000. The maximum Gasteiger partial charge on any atom is 0.0807 e. The summed E-state index contributed by atoms with van der Waals surface area (Å²) < 4.78 is 9.72. The van der Waals surface area contributed by atoms with Crippen LogP contribution in [0.1, 0.15) is 26.7 Å². The molecule has 1 unspecified atom stereocenters. The Morgan fingerprint density at radius 1 is 1.00 bits per heavy atom. The van der Waals surface area contributed by atoms with Gasteiger partial charge in [-0.2, -0.15) is 0 Å². The van der Waals surface area contributed by atoms with Gasteiger partial charge in [0, 0.05) is 0 Å². The summed E-state index contributed by atoms with van der Waals surface area (Å²) in [5.41, 5.74) is 0. The molecule has 2 heterocycles. The fourth-order valence-corrected chi connectivity index (χ4v) is 0.607. The minimum Gasteiger partial charge on any atom is -0.373 e. The van der Waals surface area contributed by atoms with Crippen LogP contribution in [0.4, 0.5) is 0 Å². The Labute approximate surface area is 62.5 Å². The smallest absolute Gasteiger partial charge is 0.0807 e. The van der Waals surface area contributed by atoms with Crippen molar-refractivity contribution in [2.24, 2.45) is 0 Å². The Kier molecular flexibility index (Phi) is 3.16. The summed E-state index contributed by atoms with van der Waals surface area (Å²) in [6.45, 7) is 6.29. The molecule has 2 atom stereocenters. The van der Waals surface area contributed by atoms with Gasteiger partial charge in [0.15, 0.2) is 0 Å². The second-order valence-corrected chi connectivity index (χ2v) is 2.73. The molecule has 0 aliphatic carbocycles. The molecule has 2 nitrogen and oxygen atoms in total. The van der Waals surface area contributed by atoms with Crippen molar-refractivity contribution in [2.45, 2.75) is 38.9 Å². The lowest BCUT2D eigenvalue weighted by atomic mass is 10.4. The first kappa shape index (κ1) is 8.02. The fraction of sp³-hybridized carbons (Fsp3) is 1.00. The average molecular weight is 144 g/mol. The van der Waals surface area contributed by atoms with Crippen molar-refractivity contribution in [1.29, 1.82) is 0 Å². The molecule has 2 rings (SSSR count). The SMILES string of the molecule is CCC1CO1.CC[C@@H]1CO1. The van der Waals surface area contributed by atoms with E-state index in [0.29, 0.717) is 12.2 Å². The second kappa shape index (κ2) is 3.94. The fourth-order valence-electron chi connectivity index (χ4n) is 0.607. The number of epoxide rings is 2. The van der Waals surface area contributed by atoms with E-state index in [1.165, 1.54) is 12.8 Å². The third kappa shape index (κ3) is 3.85. The molecule has 2 aliphatic rings. The van der Waals surface area contributed by atoms with Gasteiger partial charge in [-0.05, 0) is 12.8 Å². The van der Waals surface area contributed by atoms with Crippen LogP contribution in [-0.4, -0.2) is 25.4 Å². The van der Waals surface area contributed by atoms with Crippen LogP contribution in [0.2, 0.25) is 0 Å². The molecule has 0 amide bonds. The van der Waals surface area contributed by atoms with Crippen molar-refractivity contribution < 1.29 is 9.47 Å². The number of hydrogen-bond donors (Lipinski definition) is 0. The highest BCUT2D eigenvalue weighted by Gasteiger charge is 2.18. The van der Waals surface area contributed by atoms with E-state index in [0.717, 1.165) is 13.2 Å². The molecule has 2 fully saturated rings. The Morgan fingerprint density at radius 2 is 1.30 bits per heavy atom. The van der Waals surface area contributed by atoms with Crippen LogP contribution in [0, 0.1) is 0 Å². The molecule has 0 radical (unpaired) electrons. The number of hydrogen-bond acceptors (Lipinski definition) is 2. The Morgan fingerprint density at radius 3 is 1.30 bits per heavy atom. The van der Waals surface area contributed by atoms with E-state index in [2.05, 4.69) is 13.8 Å². The molecule has 0 aromatic carbocycles. The molecule has 2 saturated heterocycles. The van der Waals surface area contributed by atoms with Crippen molar-refractivity contribution in [3.05, 3.63) is 0 Å². The topological polar surface area (TPSA) is 25.1 Å². The lowest BCUT2D eigenvalue weighted by Gasteiger charge is -1.69. The summed E-state index contributed by atoms with van der Waals surface area (Å²) in [6.07, 6.45) is 3.66. The molecule has 0 spiro atoms. The van der Waals surface area contributed by atoms with E-state index in [-0.39, 0.29) is 0 Å². The van der Waals surface area contributed by atoms with E-state index in [1.54, 1.807) is 0 Å². The highest BCUT2D eigenvalue weighted by Crippen LogP contribution is 2.11. The molecule has 10 heavy (non-hydrogen) atoms. The Hall–Kier alpha value is -0.0800. The van der Waals surface area contributed by atoms with Gasteiger partial charge in [0.05, 0.1) is 25.4 Å². The molecule has 2 heteroatoms. The first-order valence-electron chi connectivity index (χ1n) is 4.10. The van der Waals surface area contributed by atoms with Gasteiger partial charge in [-0.1, -0.05) is 13.8 Å². The second-order valence-electron chi connectivity index (χ2n) is 2.73. The van der Waals surface area contributed by atoms with Gasteiger partial charge in [0.2, 0.25) is 0 Å². The highest BCUT2D eigenvalue weighted by atomic mass is 16.6. The van der Waals surface area contributed by atoms with Crippen LogP contribution >= 0.6 is 0 Å². The summed E-state index contributed by atoms with van der Waals surface area (Å²) in [5, 5.41) is 0. The normalized spacial score (nSPS) is 34.2. The first-order valence-corrected chi connectivity index (χ1v) is 4.10. The Bertz CT molecular complexity index is 73.3. The number of rotatable bonds is 2. The molecule has 0 aromatic heterocycles. The molecule has 0 aromatic rings. The van der Waals surface area contributed by atoms with Gasteiger partial charge in [-0.15, -0.1) is 0 Å². The molecule has 0 bridgehead atoms. The van der Waals surface area contributed by atoms with E-state index in [1.807, 2.05) is 0 Å². The summed E-state index contributed by atoms with van der Waals surface area (Å²) in [4.78, 5) is 0.